The molecule has 1 saturated heterocycles. The molecule has 3 nitrogen and oxygen atoms in total. The lowest BCUT2D eigenvalue weighted by molar-refractivity contribution is -0.137. The molecule has 1 aromatic carbocycles. The van der Waals surface area contributed by atoms with Crippen LogP contribution in [0, 0.1) is 5.82 Å². The molecule has 0 bridgehead atoms. The Balaban J connectivity index is 1.66. The molecule has 2 aliphatic rings. The van der Waals surface area contributed by atoms with Crippen molar-refractivity contribution < 1.29 is 22.4 Å². The van der Waals surface area contributed by atoms with Crippen molar-refractivity contribution in [1.82, 2.24) is 9.88 Å². The van der Waals surface area contributed by atoms with E-state index in [1.54, 1.807) is 6.20 Å². The zero-order chi connectivity index (χ0) is 20.8. The molecule has 7 heteroatoms. The standard InChI is InChI=1S/C22H22F4N2O/c1-13-3-2-8-28(13)20(29)9-14-4-5-15-11-27-12-18(21(14)15)17-7-6-16(10-19(17)23)22(24,25)26/h6-7,10-14H,2-5,8-9H2,1H3/t13-,14?/m0/s1. The zero-order valence-corrected chi connectivity index (χ0v) is 16.1. The Bertz CT molecular complexity index is 941. The molecule has 0 N–H and O–H groups in total. The molecule has 1 fully saturated rings. The number of fused-ring (bicyclic) bond motifs is 1. The van der Waals surface area contributed by atoms with Crippen LogP contribution < -0.4 is 0 Å². The number of amides is 1. The average Bonchev–Trinajstić information content (AvgIpc) is 3.27. The van der Waals surface area contributed by atoms with Gasteiger partial charge in [0.1, 0.15) is 5.82 Å². The average molecular weight is 406 g/mol. The molecule has 2 aromatic rings. The van der Waals surface area contributed by atoms with E-state index in [0.29, 0.717) is 18.1 Å². The van der Waals surface area contributed by atoms with Gasteiger partial charge in [-0.15, -0.1) is 0 Å². The van der Waals surface area contributed by atoms with Crippen molar-refractivity contribution >= 4 is 5.91 Å². The third-order valence-corrected chi connectivity index (χ3v) is 6.12. The number of carbonyl (C=O) groups is 1. The van der Waals surface area contributed by atoms with Crippen molar-refractivity contribution in [2.75, 3.05) is 6.54 Å². The van der Waals surface area contributed by atoms with Crippen molar-refractivity contribution in [3.63, 3.8) is 0 Å². The first-order valence-corrected chi connectivity index (χ1v) is 9.89. The van der Waals surface area contributed by atoms with E-state index in [1.165, 1.54) is 6.20 Å². The van der Waals surface area contributed by atoms with Crippen LogP contribution in [0.2, 0.25) is 0 Å². The Morgan fingerprint density at radius 1 is 1.21 bits per heavy atom. The van der Waals surface area contributed by atoms with Crippen molar-refractivity contribution in [3.8, 4) is 11.1 Å². The second kappa shape index (κ2) is 7.43. The Hall–Kier alpha value is -2.44. The molecular weight excluding hydrogens is 384 g/mol. The molecule has 1 unspecified atom stereocenters. The molecule has 1 aliphatic carbocycles. The summed E-state index contributed by atoms with van der Waals surface area (Å²) in [5.41, 5.74) is 1.34. The number of alkyl halides is 3. The van der Waals surface area contributed by atoms with Gasteiger partial charge >= 0.3 is 6.18 Å². The van der Waals surface area contributed by atoms with Crippen LogP contribution in [-0.2, 0) is 17.4 Å². The first-order chi connectivity index (χ1) is 13.8. The number of likely N-dealkylation sites (tertiary alicyclic amines) is 1. The first kappa shape index (κ1) is 19.9. The minimum Gasteiger partial charge on any atom is -0.340 e. The highest BCUT2D eigenvalue weighted by Gasteiger charge is 2.34. The zero-order valence-electron chi connectivity index (χ0n) is 16.1. The van der Waals surface area contributed by atoms with E-state index in [2.05, 4.69) is 4.98 Å². The summed E-state index contributed by atoms with van der Waals surface area (Å²) in [4.78, 5) is 18.9. The summed E-state index contributed by atoms with van der Waals surface area (Å²) in [5, 5.41) is 0. The fraction of sp³-hybridized carbons (Fsp3) is 0.455. The lowest BCUT2D eigenvalue weighted by Gasteiger charge is -2.24. The maximum Gasteiger partial charge on any atom is 0.416 e. The van der Waals surface area contributed by atoms with E-state index in [-0.39, 0.29) is 23.4 Å². The van der Waals surface area contributed by atoms with E-state index in [0.717, 1.165) is 55.5 Å². The van der Waals surface area contributed by atoms with Crippen LogP contribution in [0.5, 0.6) is 0 Å². The molecule has 0 spiro atoms. The molecule has 154 valence electrons. The molecule has 4 rings (SSSR count). The van der Waals surface area contributed by atoms with Crippen LogP contribution in [0.4, 0.5) is 17.6 Å². The van der Waals surface area contributed by atoms with Crippen LogP contribution >= 0.6 is 0 Å². The number of hydrogen-bond donors (Lipinski definition) is 0. The van der Waals surface area contributed by atoms with E-state index >= 15 is 0 Å². The number of pyridine rings is 1. The highest BCUT2D eigenvalue weighted by Crippen LogP contribution is 2.43. The van der Waals surface area contributed by atoms with Gasteiger partial charge in [0, 0.05) is 42.5 Å². The van der Waals surface area contributed by atoms with Gasteiger partial charge in [-0.05, 0) is 61.8 Å². The number of nitrogens with zero attached hydrogens (tertiary/aromatic N) is 2. The van der Waals surface area contributed by atoms with Gasteiger partial charge < -0.3 is 4.90 Å². The van der Waals surface area contributed by atoms with Crippen molar-refractivity contribution in [2.24, 2.45) is 0 Å². The summed E-state index contributed by atoms with van der Waals surface area (Å²) in [7, 11) is 0. The summed E-state index contributed by atoms with van der Waals surface area (Å²) < 4.78 is 53.3. The number of halogens is 4. The number of aryl methyl sites for hydroxylation is 1. The van der Waals surface area contributed by atoms with Crippen molar-refractivity contribution in [1.29, 1.82) is 0 Å². The van der Waals surface area contributed by atoms with E-state index in [1.807, 2.05) is 11.8 Å². The van der Waals surface area contributed by atoms with Gasteiger partial charge in [0.25, 0.3) is 0 Å². The summed E-state index contributed by atoms with van der Waals surface area (Å²) in [6, 6.07) is 2.80. The van der Waals surface area contributed by atoms with Gasteiger partial charge in [0.15, 0.2) is 0 Å². The molecule has 2 atom stereocenters. The van der Waals surface area contributed by atoms with Crippen LogP contribution in [0.25, 0.3) is 11.1 Å². The van der Waals surface area contributed by atoms with E-state index in [9.17, 15) is 22.4 Å². The number of hydrogen-bond acceptors (Lipinski definition) is 2. The minimum absolute atomic E-state index is 0.0787. The van der Waals surface area contributed by atoms with Gasteiger partial charge in [-0.2, -0.15) is 13.2 Å². The molecule has 2 heterocycles. The highest BCUT2D eigenvalue weighted by atomic mass is 19.4. The smallest absolute Gasteiger partial charge is 0.340 e. The van der Waals surface area contributed by atoms with Gasteiger partial charge in [-0.25, -0.2) is 4.39 Å². The van der Waals surface area contributed by atoms with Crippen molar-refractivity contribution in [3.05, 3.63) is 53.1 Å². The fourth-order valence-electron chi connectivity index (χ4n) is 4.63. The Kier molecular flexibility index (Phi) is 5.09. The quantitative estimate of drug-likeness (QED) is 0.645. The maximum atomic E-state index is 14.6. The number of rotatable bonds is 3. The number of aromatic nitrogens is 1. The third kappa shape index (κ3) is 3.74. The SMILES string of the molecule is C[C@H]1CCCN1C(=O)CC1CCc2cncc(-c3ccc(C(F)(F)F)cc3F)c21. The topological polar surface area (TPSA) is 33.2 Å². The van der Waals surface area contributed by atoms with Gasteiger partial charge in [0.2, 0.25) is 5.91 Å². The third-order valence-electron chi connectivity index (χ3n) is 6.12. The lowest BCUT2D eigenvalue weighted by atomic mass is 9.90. The molecule has 1 amide bonds. The summed E-state index contributed by atoms with van der Waals surface area (Å²) >= 11 is 0. The number of carbonyl (C=O) groups excluding carboxylic acids is 1. The maximum absolute atomic E-state index is 14.6. The predicted molar refractivity (Wildman–Crippen MR) is 101 cm³/mol. The molecular formula is C22H22F4N2O. The second-order valence-corrected chi connectivity index (χ2v) is 7.97. The largest absolute Gasteiger partial charge is 0.416 e. The molecule has 1 aliphatic heterocycles. The number of benzene rings is 1. The normalized spacial score (nSPS) is 21.5. The molecule has 0 saturated carbocycles. The monoisotopic (exact) mass is 406 g/mol. The Morgan fingerprint density at radius 2 is 2.00 bits per heavy atom. The van der Waals surface area contributed by atoms with E-state index < -0.39 is 17.6 Å². The van der Waals surface area contributed by atoms with Crippen LogP contribution in [0.3, 0.4) is 0 Å². The second-order valence-electron chi connectivity index (χ2n) is 7.97. The van der Waals surface area contributed by atoms with Crippen LogP contribution in [0.1, 0.15) is 55.2 Å². The molecule has 0 radical (unpaired) electrons. The summed E-state index contributed by atoms with van der Waals surface area (Å²) in [6.07, 6.45) is 2.42. The fourth-order valence-corrected chi connectivity index (χ4v) is 4.63. The van der Waals surface area contributed by atoms with Gasteiger partial charge in [0.05, 0.1) is 5.56 Å². The minimum atomic E-state index is -4.60. The highest BCUT2D eigenvalue weighted by molar-refractivity contribution is 5.79. The first-order valence-electron chi connectivity index (χ1n) is 9.89. The van der Waals surface area contributed by atoms with Gasteiger partial charge in [-0.1, -0.05) is 6.07 Å². The summed E-state index contributed by atoms with van der Waals surface area (Å²) in [5.74, 6) is -0.923. The van der Waals surface area contributed by atoms with Crippen LogP contribution in [0.15, 0.2) is 30.6 Å². The predicted octanol–water partition coefficient (Wildman–Crippen LogP) is 5.34. The Labute approximate surface area is 166 Å². The molecule has 29 heavy (non-hydrogen) atoms. The Morgan fingerprint density at radius 3 is 2.66 bits per heavy atom. The van der Waals surface area contributed by atoms with Gasteiger partial charge in [-0.3, -0.25) is 9.78 Å². The van der Waals surface area contributed by atoms with Crippen molar-refractivity contribution in [2.45, 2.75) is 57.2 Å². The molecule has 1 aromatic heterocycles. The van der Waals surface area contributed by atoms with E-state index in [4.69, 9.17) is 0 Å². The van der Waals surface area contributed by atoms with Crippen LogP contribution in [-0.4, -0.2) is 28.4 Å². The summed E-state index contributed by atoms with van der Waals surface area (Å²) in [6.45, 7) is 2.80. The lowest BCUT2D eigenvalue weighted by Crippen LogP contribution is -2.34.